The van der Waals surface area contributed by atoms with Gasteiger partial charge in [-0.2, -0.15) is 5.26 Å². The van der Waals surface area contributed by atoms with Crippen molar-refractivity contribution in [1.82, 2.24) is 0 Å². The molecule has 0 fully saturated rings. The van der Waals surface area contributed by atoms with Crippen molar-refractivity contribution < 1.29 is 4.74 Å². The Labute approximate surface area is 127 Å². The van der Waals surface area contributed by atoms with Gasteiger partial charge < -0.3 is 10.1 Å². The highest BCUT2D eigenvalue weighted by Gasteiger charge is 2.03. The first-order valence-electron chi connectivity index (χ1n) is 6.21. The largest absolute Gasteiger partial charge is 0.496 e. The van der Waals surface area contributed by atoms with E-state index in [9.17, 15) is 0 Å². The number of aryl methyl sites for hydroxylation is 1. The molecule has 0 unspecified atom stereocenters. The SMILES string of the molecule is COc1ccc(CNc2ccc(C#N)cc2Br)cc1C. The molecule has 0 atom stereocenters. The van der Waals surface area contributed by atoms with Crippen molar-refractivity contribution >= 4 is 21.6 Å². The minimum absolute atomic E-state index is 0.641. The van der Waals surface area contributed by atoms with E-state index in [1.807, 2.05) is 31.2 Å². The van der Waals surface area contributed by atoms with Gasteiger partial charge in [-0.3, -0.25) is 0 Å². The van der Waals surface area contributed by atoms with Crippen LogP contribution >= 0.6 is 15.9 Å². The van der Waals surface area contributed by atoms with Crippen LogP contribution in [-0.4, -0.2) is 7.11 Å². The lowest BCUT2D eigenvalue weighted by Crippen LogP contribution is -2.01. The van der Waals surface area contributed by atoms with E-state index in [4.69, 9.17) is 10.00 Å². The quantitative estimate of drug-likeness (QED) is 0.911. The molecule has 0 aliphatic rings. The summed E-state index contributed by atoms with van der Waals surface area (Å²) in [5.74, 6) is 0.897. The maximum atomic E-state index is 8.84. The first kappa shape index (κ1) is 14.4. The van der Waals surface area contributed by atoms with E-state index in [2.05, 4.69) is 33.4 Å². The van der Waals surface area contributed by atoms with Crippen molar-refractivity contribution in [3.63, 3.8) is 0 Å². The Morgan fingerprint density at radius 3 is 2.65 bits per heavy atom. The highest BCUT2D eigenvalue weighted by molar-refractivity contribution is 9.10. The minimum atomic E-state index is 0.641. The van der Waals surface area contributed by atoms with Crippen LogP contribution in [0.1, 0.15) is 16.7 Å². The number of benzene rings is 2. The first-order chi connectivity index (χ1) is 9.63. The molecule has 1 N–H and O–H groups in total. The van der Waals surface area contributed by atoms with Crippen LogP contribution in [0.2, 0.25) is 0 Å². The van der Waals surface area contributed by atoms with Gasteiger partial charge >= 0.3 is 0 Å². The normalized spacial score (nSPS) is 9.90. The van der Waals surface area contributed by atoms with Gasteiger partial charge in [-0.05, 0) is 58.2 Å². The zero-order valence-electron chi connectivity index (χ0n) is 11.4. The fraction of sp³-hybridized carbons (Fsp3) is 0.188. The smallest absolute Gasteiger partial charge is 0.121 e. The van der Waals surface area contributed by atoms with E-state index in [0.29, 0.717) is 5.56 Å². The minimum Gasteiger partial charge on any atom is -0.496 e. The number of anilines is 1. The van der Waals surface area contributed by atoms with Crippen LogP contribution in [0.15, 0.2) is 40.9 Å². The number of rotatable bonds is 4. The summed E-state index contributed by atoms with van der Waals surface area (Å²) in [6, 6.07) is 13.7. The van der Waals surface area contributed by atoms with E-state index >= 15 is 0 Å². The van der Waals surface area contributed by atoms with Gasteiger partial charge in [0, 0.05) is 16.7 Å². The Kier molecular flexibility index (Phi) is 4.65. The third kappa shape index (κ3) is 3.31. The van der Waals surface area contributed by atoms with Crippen LogP contribution in [0.3, 0.4) is 0 Å². The molecule has 2 rings (SSSR count). The van der Waals surface area contributed by atoms with Gasteiger partial charge in [-0.15, -0.1) is 0 Å². The molecular weight excluding hydrogens is 316 g/mol. The molecule has 0 aliphatic heterocycles. The second-order valence-corrected chi connectivity index (χ2v) is 5.32. The van der Waals surface area contributed by atoms with Crippen LogP contribution in [0.25, 0.3) is 0 Å². The molecule has 0 amide bonds. The summed E-state index contributed by atoms with van der Waals surface area (Å²) in [4.78, 5) is 0. The van der Waals surface area contributed by atoms with Gasteiger partial charge in [0.05, 0.1) is 18.7 Å². The predicted molar refractivity (Wildman–Crippen MR) is 83.9 cm³/mol. The molecular formula is C16H15BrN2O. The Hall–Kier alpha value is -1.99. The van der Waals surface area contributed by atoms with Gasteiger partial charge in [-0.25, -0.2) is 0 Å². The maximum Gasteiger partial charge on any atom is 0.121 e. The standard InChI is InChI=1S/C16H15BrN2O/c1-11-7-13(4-6-16(11)20-2)10-19-15-5-3-12(9-18)8-14(15)17/h3-8,19H,10H2,1-2H3. The second-order valence-electron chi connectivity index (χ2n) is 4.46. The van der Waals surface area contributed by atoms with Gasteiger partial charge in [0.25, 0.3) is 0 Å². The van der Waals surface area contributed by atoms with Crippen molar-refractivity contribution in [1.29, 1.82) is 5.26 Å². The molecule has 0 bridgehead atoms. The highest BCUT2D eigenvalue weighted by atomic mass is 79.9. The van der Waals surface area contributed by atoms with Crippen LogP contribution in [0, 0.1) is 18.3 Å². The monoisotopic (exact) mass is 330 g/mol. The first-order valence-corrected chi connectivity index (χ1v) is 7.00. The Morgan fingerprint density at radius 2 is 2.05 bits per heavy atom. The highest BCUT2D eigenvalue weighted by Crippen LogP contribution is 2.25. The molecule has 20 heavy (non-hydrogen) atoms. The van der Waals surface area contributed by atoms with Crippen LogP contribution in [-0.2, 0) is 6.54 Å². The third-order valence-electron chi connectivity index (χ3n) is 3.04. The summed E-state index contributed by atoms with van der Waals surface area (Å²) in [6.45, 7) is 2.75. The molecule has 0 heterocycles. The summed E-state index contributed by atoms with van der Waals surface area (Å²) in [7, 11) is 1.67. The van der Waals surface area contributed by atoms with Crippen molar-refractivity contribution in [3.05, 3.63) is 57.6 Å². The predicted octanol–water partition coefficient (Wildman–Crippen LogP) is 4.25. The number of hydrogen-bond donors (Lipinski definition) is 1. The average Bonchev–Trinajstić information content (AvgIpc) is 2.46. The summed E-state index contributed by atoms with van der Waals surface area (Å²) in [5, 5.41) is 12.2. The molecule has 0 spiro atoms. The number of ether oxygens (including phenoxy) is 1. The van der Waals surface area contributed by atoms with Crippen LogP contribution in [0.4, 0.5) is 5.69 Å². The number of halogens is 1. The number of hydrogen-bond acceptors (Lipinski definition) is 3. The zero-order chi connectivity index (χ0) is 14.5. The summed E-state index contributed by atoms with van der Waals surface area (Å²) < 4.78 is 6.14. The fourth-order valence-electron chi connectivity index (χ4n) is 1.98. The van der Waals surface area contributed by atoms with Crippen LogP contribution in [0.5, 0.6) is 5.75 Å². The molecule has 0 radical (unpaired) electrons. The summed E-state index contributed by atoms with van der Waals surface area (Å²) in [6.07, 6.45) is 0. The maximum absolute atomic E-state index is 8.84. The van der Waals surface area contributed by atoms with E-state index in [-0.39, 0.29) is 0 Å². The number of nitriles is 1. The molecule has 0 aliphatic carbocycles. The molecule has 3 nitrogen and oxygen atoms in total. The van der Waals surface area contributed by atoms with E-state index in [0.717, 1.165) is 28.0 Å². The van der Waals surface area contributed by atoms with Crippen LogP contribution < -0.4 is 10.1 Å². The van der Waals surface area contributed by atoms with E-state index in [1.165, 1.54) is 5.56 Å². The van der Waals surface area contributed by atoms with Gasteiger partial charge in [0.2, 0.25) is 0 Å². The number of nitrogens with zero attached hydrogens (tertiary/aromatic N) is 1. The van der Waals surface area contributed by atoms with E-state index in [1.54, 1.807) is 13.2 Å². The summed E-state index contributed by atoms with van der Waals surface area (Å²) in [5.41, 5.74) is 3.91. The lowest BCUT2D eigenvalue weighted by Gasteiger charge is -2.11. The zero-order valence-corrected chi connectivity index (χ0v) is 13.0. The molecule has 0 saturated heterocycles. The van der Waals surface area contributed by atoms with Gasteiger partial charge in [0.1, 0.15) is 5.75 Å². The number of methoxy groups -OCH3 is 1. The van der Waals surface area contributed by atoms with Gasteiger partial charge in [-0.1, -0.05) is 12.1 Å². The van der Waals surface area contributed by atoms with Crippen molar-refractivity contribution in [3.8, 4) is 11.8 Å². The third-order valence-corrected chi connectivity index (χ3v) is 3.70. The fourth-order valence-corrected chi connectivity index (χ4v) is 2.49. The molecule has 0 aromatic heterocycles. The van der Waals surface area contributed by atoms with Crippen molar-refractivity contribution in [2.75, 3.05) is 12.4 Å². The average molecular weight is 331 g/mol. The molecule has 2 aromatic rings. The Bertz CT molecular complexity index is 662. The molecule has 2 aromatic carbocycles. The molecule has 0 saturated carbocycles. The Morgan fingerprint density at radius 1 is 1.25 bits per heavy atom. The molecule has 102 valence electrons. The van der Waals surface area contributed by atoms with E-state index < -0.39 is 0 Å². The van der Waals surface area contributed by atoms with Crippen molar-refractivity contribution in [2.45, 2.75) is 13.5 Å². The topological polar surface area (TPSA) is 45.0 Å². The second kappa shape index (κ2) is 6.44. The lowest BCUT2D eigenvalue weighted by atomic mass is 10.1. The summed E-state index contributed by atoms with van der Waals surface area (Å²) >= 11 is 3.47. The van der Waals surface area contributed by atoms with Gasteiger partial charge in [0.15, 0.2) is 0 Å². The Balaban J connectivity index is 2.09. The van der Waals surface area contributed by atoms with Crippen molar-refractivity contribution in [2.24, 2.45) is 0 Å². The lowest BCUT2D eigenvalue weighted by molar-refractivity contribution is 0.411. The molecule has 4 heteroatoms. The number of nitrogens with one attached hydrogen (secondary N) is 1.